The molecule has 1 amide bonds. The van der Waals surface area contributed by atoms with Crippen molar-refractivity contribution < 1.29 is 9.53 Å². The van der Waals surface area contributed by atoms with E-state index < -0.39 is 0 Å². The maximum atomic E-state index is 12.3. The molecule has 1 aromatic carbocycles. The van der Waals surface area contributed by atoms with Gasteiger partial charge >= 0.3 is 0 Å². The molecule has 0 saturated carbocycles. The fraction of sp³-hybridized carbons (Fsp3) is 0.222. The highest BCUT2D eigenvalue weighted by Gasteiger charge is 2.26. The minimum absolute atomic E-state index is 0.0141. The number of carbonyl (C=O) groups excluding carboxylic acids is 1. The number of rotatable bonds is 4. The number of pyridine rings is 1. The molecule has 1 saturated heterocycles. The molecule has 4 nitrogen and oxygen atoms in total. The predicted molar refractivity (Wildman–Crippen MR) is 98.0 cm³/mol. The highest BCUT2D eigenvalue weighted by Crippen LogP contribution is 2.19. The monoisotopic (exact) mass is 406 g/mol. The summed E-state index contributed by atoms with van der Waals surface area (Å²) < 4.78 is 6.73. The summed E-state index contributed by atoms with van der Waals surface area (Å²) in [6.07, 6.45) is 5.86. The molecule has 1 aromatic heterocycles. The van der Waals surface area contributed by atoms with Gasteiger partial charge in [-0.1, -0.05) is 23.7 Å². The van der Waals surface area contributed by atoms with E-state index in [9.17, 15) is 4.79 Å². The number of hydrogen-bond donors (Lipinski definition) is 0. The minimum atomic E-state index is -0.0217. The van der Waals surface area contributed by atoms with Gasteiger partial charge in [-0.25, -0.2) is 4.98 Å². The Bertz CT molecular complexity index is 732. The van der Waals surface area contributed by atoms with Crippen molar-refractivity contribution in [2.24, 2.45) is 0 Å². The van der Waals surface area contributed by atoms with Crippen LogP contribution in [-0.4, -0.2) is 35.0 Å². The van der Waals surface area contributed by atoms with Crippen molar-refractivity contribution >= 4 is 39.5 Å². The van der Waals surface area contributed by atoms with Crippen molar-refractivity contribution in [2.75, 3.05) is 13.1 Å². The Morgan fingerprint density at radius 2 is 2.08 bits per heavy atom. The van der Waals surface area contributed by atoms with Gasteiger partial charge in [0.2, 0.25) is 11.8 Å². The molecule has 1 aliphatic heterocycles. The van der Waals surface area contributed by atoms with Gasteiger partial charge in [-0.2, -0.15) is 0 Å². The lowest BCUT2D eigenvalue weighted by molar-refractivity contribution is -0.125. The molecule has 6 heteroatoms. The Balaban J connectivity index is 1.53. The summed E-state index contributed by atoms with van der Waals surface area (Å²) in [5.41, 5.74) is 0.943. The predicted octanol–water partition coefficient (Wildman–Crippen LogP) is 4.19. The zero-order chi connectivity index (χ0) is 16.9. The number of benzene rings is 1. The van der Waals surface area contributed by atoms with Gasteiger partial charge in [0.1, 0.15) is 6.10 Å². The SMILES string of the molecule is O=C(/C=C/c1ccc(Cl)cc1)N1CCC(Oc2ccc(Br)cn2)C1. The molecule has 24 heavy (non-hydrogen) atoms. The van der Waals surface area contributed by atoms with Crippen molar-refractivity contribution in [3.8, 4) is 5.88 Å². The minimum Gasteiger partial charge on any atom is -0.472 e. The van der Waals surface area contributed by atoms with Crippen LogP contribution < -0.4 is 4.74 Å². The number of nitrogens with zero attached hydrogens (tertiary/aromatic N) is 2. The topological polar surface area (TPSA) is 42.4 Å². The first-order chi connectivity index (χ1) is 11.6. The quantitative estimate of drug-likeness (QED) is 0.714. The van der Waals surface area contributed by atoms with Crippen LogP contribution >= 0.6 is 27.5 Å². The highest BCUT2D eigenvalue weighted by atomic mass is 79.9. The first-order valence-electron chi connectivity index (χ1n) is 7.61. The van der Waals surface area contributed by atoms with E-state index in [4.69, 9.17) is 16.3 Å². The molecule has 0 radical (unpaired) electrons. The van der Waals surface area contributed by atoms with Gasteiger partial charge in [0.05, 0.1) is 6.54 Å². The van der Waals surface area contributed by atoms with E-state index in [1.165, 1.54) is 0 Å². The van der Waals surface area contributed by atoms with Crippen molar-refractivity contribution in [2.45, 2.75) is 12.5 Å². The van der Waals surface area contributed by atoms with Gasteiger partial charge in [-0.3, -0.25) is 4.79 Å². The fourth-order valence-corrected chi connectivity index (χ4v) is 2.83. The largest absolute Gasteiger partial charge is 0.472 e. The van der Waals surface area contributed by atoms with Crippen molar-refractivity contribution in [1.29, 1.82) is 0 Å². The summed E-state index contributed by atoms with van der Waals surface area (Å²) in [5.74, 6) is 0.564. The van der Waals surface area contributed by atoms with E-state index in [0.29, 0.717) is 24.0 Å². The number of aromatic nitrogens is 1. The van der Waals surface area contributed by atoms with Gasteiger partial charge in [0.15, 0.2) is 0 Å². The van der Waals surface area contributed by atoms with E-state index >= 15 is 0 Å². The van der Waals surface area contributed by atoms with Crippen LogP contribution in [0.15, 0.2) is 53.1 Å². The van der Waals surface area contributed by atoms with Gasteiger partial charge in [-0.05, 0) is 45.8 Å². The maximum absolute atomic E-state index is 12.3. The molecule has 0 spiro atoms. The third-order valence-corrected chi connectivity index (χ3v) is 4.45. The molecule has 1 atom stereocenters. The van der Waals surface area contributed by atoms with Gasteiger partial charge in [0, 0.05) is 40.8 Å². The molecule has 1 unspecified atom stereocenters. The lowest BCUT2D eigenvalue weighted by Gasteiger charge is -2.15. The van der Waals surface area contributed by atoms with E-state index in [0.717, 1.165) is 16.5 Å². The van der Waals surface area contributed by atoms with Crippen LogP contribution in [-0.2, 0) is 4.79 Å². The smallest absolute Gasteiger partial charge is 0.246 e. The van der Waals surface area contributed by atoms with Gasteiger partial charge < -0.3 is 9.64 Å². The Morgan fingerprint density at radius 3 is 2.79 bits per heavy atom. The van der Waals surface area contributed by atoms with Crippen molar-refractivity contribution in [3.63, 3.8) is 0 Å². The zero-order valence-electron chi connectivity index (χ0n) is 12.9. The third kappa shape index (κ3) is 4.58. The van der Waals surface area contributed by atoms with E-state index in [-0.39, 0.29) is 12.0 Å². The zero-order valence-corrected chi connectivity index (χ0v) is 15.2. The molecule has 0 bridgehead atoms. The Kier molecular flexibility index (Phi) is 5.53. The highest BCUT2D eigenvalue weighted by molar-refractivity contribution is 9.10. The molecular weight excluding hydrogens is 392 g/mol. The standard InChI is InChI=1S/C18H16BrClN2O2/c19-14-4-7-17(21-11-14)24-16-9-10-22(12-16)18(23)8-3-13-1-5-15(20)6-2-13/h1-8,11,16H,9-10,12H2/b8-3+. The molecular formula is C18H16BrClN2O2. The lowest BCUT2D eigenvalue weighted by Crippen LogP contribution is -2.29. The van der Waals surface area contributed by atoms with Gasteiger partial charge in [0.25, 0.3) is 0 Å². The second-order valence-electron chi connectivity index (χ2n) is 5.51. The Hall–Kier alpha value is -1.85. The third-order valence-electron chi connectivity index (χ3n) is 3.73. The van der Waals surface area contributed by atoms with Crippen LogP contribution in [0.1, 0.15) is 12.0 Å². The second-order valence-corrected chi connectivity index (χ2v) is 6.86. The Morgan fingerprint density at radius 1 is 1.29 bits per heavy atom. The van der Waals surface area contributed by atoms with E-state index in [1.54, 1.807) is 35.4 Å². The maximum Gasteiger partial charge on any atom is 0.246 e. The van der Waals surface area contributed by atoms with Crippen LogP contribution in [0.4, 0.5) is 0 Å². The Labute approximate surface area is 154 Å². The summed E-state index contributed by atoms with van der Waals surface area (Å²) in [6.45, 7) is 1.26. The molecule has 124 valence electrons. The summed E-state index contributed by atoms with van der Waals surface area (Å²) in [4.78, 5) is 18.2. The molecule has 1 aliphatic rings. The molecule has 2 aromatic rings. The number of ether oxygens (including phenoxy) is 1. The molecule has 1 fully saturated rings. The van der Waals surface area contributed by atoms with Crippen LogP contribution in [0.2, 0.25) is 5.02 Å². The average molecular weight is 408 g/mol. The number of carbonyl (C=O) groups is 1. The molecule has 3 rings (SSSR count). The molecule has 0 N–H and O–H groups in total. The summed E-state index contributed by atoms with van der Waals surface area (Å²) in [7, 11) is 0. The summed E-state index contributed by atoms with van der Waals surface area (Å²) in [5, 5.41) is 0.680. The molecule has 2 heterocycles. The second kappa shape index (κ2) is 7.81. The number of halogens is 2. The lowest BCUT2D eigenvalue weighted by atomic mass is 10.2. The van der Waals surface area contributed by atoms with E-state index in [2.05, 4.69) is 20.9 Å². The van der Waals surface area contributed by atoms with Crippen LogP contribution in [0.3, 0.4) is 0 Å². The normalized spacial score (nSPS) is 17.4. The van der Waals surface area contributed by atoms with Crippen LogP contribution in [0.25, 0.3) is 6.08 Å². The summed E-state index contributed by atoms with van der Waals surface area (Å²) >= 11 is 9.19. The average Bonchev–Trinajstić information content (AvgIpc) is 3.05. The van der Waals surface area contributed by atoms with Gasteiger partial charge in [-0.15, -0.1) is 0 Å². The van der Waals surface area contributed by atoms with Crippen molar-refractivity contribution in [3.05, 3.63) is 63.7 Å². The van der Waals surface area contributed by atoms with Crippen molar-refractivity contribution in [1.82, 2.24) is 9.88 Å². The van der Waals surface area contributed by atoms with E-state index in [1.807, 2.05) is 24.3 Å². The number of hydrogen-bond acceptors (Lipinski definition) is 3. The number of likely N-dealkylation sites (tertiary alicyclic amines) is 1. The van der Waals surface area contributed by atoms with Crippen LogP contribution in [0, 0.1) is 0 Å². The van der Waals surface area contributed by atoms with Crippen LogP contribution in [0.5, 0.6) is 5.88 Å². The fourth-order valence-electron chi connectivity index (χ4n) is 2.47. The first-order valence-corrected chi connectivity index (χ1v) is 8.78. The molecule has 0 aliphatic carbocycles. The summed E-state index contributed by atoms with van der Waals surface area (Å²) in [6, 6.07) is 11.1. The first kappa shape index (κ1) is 17.0. The number of amides is 1.